The van der Waals surface area contributed by atoms with E-state index >= 15 is 0 Å². The largest absolute Gasteiger partial charge is 0.384 e. The van der Waals surface area contributed by atoms with Crippen molar-refractivity contribution in [3.8, 4) is 0 Å². The van der Waals surface area contributed by atoms with Crippen molar-refractivity contribution in [1.82, 2.24) is 10.2 Å². The van der Waals surface area contributed by atoms with Crippen LogP contribution in [0.15, 0.2) is 0 Å². The fraction of sp³-hybridized carbons (Fsp3) is 1.00. The van der Waals surface area contributed by atoms with Crippen LogP contribution < -0.4 is 5.32 Å². The van der Waals surface area contributed by atoms with Gasteiger partial charge in [-0.2, -0.15) is 0 Å². The normalized spacial score (nSPS) is 35.1. The SMILES string of the molecule is CCNC1CC2CCC(C1)N2CC(C)COC. The minimum Gasteiger partial charge on any atom is -0.384 e. The molecular weight excluding hydrogens is 212 g/mol. The van der Waals surface area contributed by atoms with Crippen molar-refractivity contribution in [2.45, 2.75) is 57.7 Å². The number of nitrogens with zero attached hydrogens (tertiary/aromatic N) is 1. The molecule has 100 valence electrons. The molecule has 3 nitrogen and oxygen atoms in total. The lowest BCUT2D eigenvalue weighted by Gasteiger charge is -2.40. The molecule has 0 amide bonds. The molecule has 1 N–H and O–H groups in total. The van der Waals surface area contributed by atoms with Gasteiger partial charge in [0.25, 0.3) is 0 Å². The van der Waals surface area contributed by atoms with E-state index in [9.17, 15) is 0 Å². The molecule has 2 heterocycles. The molecule has 17 heavy (non-hydrogen) atoms. The van der Waals surface area contributed by atoms with Gasteiger partial charge in [0.2, 0.25) is 0 Å². The van der Waals surface area contributed by atoms with Gasteiger partial charge in [0, 0.05) is 38.4 Å². The Balaban J connectivity index is 1.85. The van der Waals surface area contributed by atoms with Crippen LogP contribution in [0.5, 0.6) is 0 Å². The first-order valence-electron chi connectivity index (χ1n) is 7.22. The van der Waals surface area contributed by atoms with Gasteiger partial charge in [-0.05, 0) is 38.1 Å². The van der Waals surface area contributed by atoms with E-state index in [1.54, 1.807) is 0 Å². The quantitative estimate of drug-likeness (QED) is 0.767. The molecule has 2 fully saturated rings. The first-order chi connectivity index (χ1) is 8.24. The molecule has 3 unspecified atom stereocenters. The van der Waals surface area contributed by atoms with Crippen molar-refractivity contribution < 1.29 is 4.74 Å². The summed E-state index contributed by atoms with van der Waals surface area (Å²) in [7, 11) is 1.81. The average Bonchev–Trinajstić information content (AvgIpc) is 2.53. The molecule has 0 aromatic heterocycles. The Kier molecular flexibility index (Phi) is 4.83. The lowest BCUT2D eigenvalue weighted by atomic mass is 9.96. The Morgan fingerprint density at radius 1 is 1.29 bits per heavy atom. The van der Waals surface area contributed by atoms with E-state index in [1.165, 1.54) is 32.2 Å². The summed E-state index contributed by atoms with van der Waals surface area (Å²) in [6, 6.07) is 2.43. The molecule has 0 aromatic carbocycles. The lowest BCUT2D eigenvalue weighted by Crippen LogP contribution is -2.50. The highest BCUT2D eigenvalue weighted by Gasteiger charge is 2.40. The van der Waals surface area contributed by atoms with E-state index in [1.807, 2.05) is 7.11 Å². The van der Waals surface area contributed by atoms with E-state index in [4.69, 9.17) is 4.74 Å². The number of rotatable bonds is 6. The molecule has 0 saturated carbocycles. The predicted octanol–water partition coefficient (Wildman–Crippen LogP) is 1.87. The predicted molar refractivity (Wildman–Crippen MR) is 71.3 cm³/mol. The van der Waals surface area contributed by atoms with Crippen LogP contribution in [0.1, 0.15) is 39.5 Å². The Bertz CT molecular complexity index is 220. The van der Waals surface area contributed by atoms with E-state index in [2.05, 4.69) is 24.1 Å². The van der Waals surface area contributed by atoms with Crippen LogP contribution in [0.4, 0.5) is 0 Å². The van der Waals surface area contributed by atoms with Crippen LogP contribution in [0.25, 0.3) is 0 Å². The number of nitrogens with one attached hydrogen (secondary N) is 1. The zero-order valence-electron chi connectivity index (χ0n) is 11.6. The van der Waals surface area contributed by atoms with Crippen LogP contribution in [-0.4, -0.2) is 49.8 Å². The Hall–Kier alpha value is -0.120. The van der Waals surface area contributed by atoms with Crippen molar-refractivity contribution in [1.29, 1.82) is 0 Å². The van der Waals surface area contributed by atoms with Gasteiger partial charge < -0.3 is 10.1 Å². The maximum absolute atomic E-state index is 5.26. The Labute approximate surface area is 106 Å². The maximum Gasteiger partial charge on any atom is 0.0500 e. The molecule has 0 aliphatic carbocycles. The van der Waals surface area contributed by atoms with Crippen molar-refractivity contribution in [3.63, 3.8) is 0 Å². The summed E-state index contributed by atoms with van der Waals surface area (Å²) in [5.41, 5.74) is 0. The molecule has 0 aromatic rings. The van der Waals surface area contributed by atoms with Gasteiger partial charge in [-0.1, -0.05) is 13.8 Å². The van der Waals surface area contributed by atoms with Crippen LogP contribution in [0, 0.1) is 5.92 Å². The third-order valence-electron chi connectivity index (χ3n) is 4.35. The fourth-order valence-corrected chi connectivity index (χ4v) is 3.72. The minimum atomic E-state index is 0.666. The summed E-state index contributed by atoms with van der Waals surface area (Å²) >= 11 is 0. The molecular formula is C14H28N2O. The van der Waals surface area contributed by atoms with Gasteiger partial charge in [0.05, 0.1) is 0 Å². The number of hydrogen-bond donors (Lipinski definition) is 1. The van der Waals surface area contributed by atoms with Crippen molar-refractivity contribution in [2.24, 2.45) is 5.92 Å². The molecule has 2 saturated heterocycles. The first kappa shape index (κ1) is 13.3. The molecule has 3 heteroatoms. The van der Waals surface area contributed by atoms with Crippen molar-refractivity contribution in [2.75, 3.05) is 26.8 Å². The van der Waals surface area contributed by atoms with Gasteiger partial charge in [0.15, 0.2) is 0 Å². The molecule has 2 rings (SSSR count). The molecule has 2 aliphatic rings. The van der Waals surface area contributed by atoms with Gasteiger partial charge in [-0.15, -0.1) is 0 Å². The molecule has 2 aliphatic heterocycles. The second kappa shape index (κ2) is 6.17. The van der Waals surface area contributed by atoms with Gasteiger partial charge in [0.1, 0.15) is 0 Å². The number of fused-ring (bicyclic) bond motifs is 2. The Morgan fingerprint density at radius 3 is 2.47 bits per heavy atom. The molecule has 3 atom stereocenters. The summed E-state index contributed by atoms with van der Waals surface area (Å²) in [4.78, 5) is 2.76. The van der Waals surface area contributed by atoms with Crippen molar-refractivity contribution >= 4 is 0 Å². The number of methoxy groups -OCH3 is 1. The molecule has 0 radical (unpaired) electrons. The van der Waals surface area contributed by atoms with E-state index in [-0.39, 0.29) is 0 Å². The minimum absolute atomic E-state index is 0.666. The lowest BCUT2D eigenvalue weighted by molar-refractivity contribution is 0.0735. The van der Waals surface area contributed by atoms with Crippen molar-refractivity contribution in [3.05, 3.63) is 0 Å². The van der Waals surface area contributed by atoms with E-state index in [0.717, 1.165) is 31.3 Å². The third kappa shape index (κ3) is 3.21. The van der Waals surface area contributed by atoms with E-state index in [0.29, 0.717) is 5.92 Å². The van der Waals surface area contributed by atoms with Crippen LogP contribution >= 0.6 is 0 Å². The van der Waals surface area contributed by atoms with Crippen LogP contribution in [0.2, 0.25) is 0 Å². The number of ether oxygens (including phenoxy) is 1. The fourth-order valence-electron chi connectivity index (χ4n) is 3.72. The zero-order chi connectivity index (χ0) is 12.3. The number of hydrogen-bond acceptors (Lipinski definition) is 3. The van der Waals surface area contributed by atoms with Crippen LogP contribution in [-0.2, 0) is 4.74 Å². The highest BCUT2D eigenvalue weighted by Crippen LogP contribution is 2.36. The monoisotopic (exact) mass is 240 g/mol. The summed E-state index contributed by atoms with van der Waals surface area (Å²) in [6.45, 7) is 7.76. The second-order valence-corrected chi connectivity index (χ2v) is 5.87. The highest BCUT2D eigenvalue weighted by molar-refractivity contribution is 4.97. The average molecular weight is 240 g/mol. The van der Waals surface area contributed by atoms with Crippen LogP contribution in [0.3, 0.4) is 0 Å². The summed E-state index contributed by atoms with van der Waals surface area (Å²) < 4.78 is 5.26. The standard InChI is InChI=1S/C14H28N2O/c1-4-15-12-7-13-5-6-14(8-12)16(13)9-11(2)10-17-3/h11-15H,4-10H2,1-3H3. The highest BCUT2D eigenvalue weighted by atomic mass is 16.5. The third-order valence-corrected chi connectivity index (χ3v) is 4.35. The summed E-state index contributed by atoms with van der Waals surface area (Å²) in [5, 5.41) is 3.63. The zero-order valence-corrected chi connectivity index (χ0v) is 11.6. The molecule has 2 bridgehead atoms. The first-order valence-corrected chi connectivity index (χ1v) is 7.22. The number of piperidine rings is 1. The van der Waals surface area contributed by atoms with Gasteiger partial charge >= 0.3 is 0 Å². The van der Waals surface area contributed by atoms with Gasteiger partial charge in [-0.3, -0.25) is 4.90 Å². The summed E-state index contributed by atoms with van der Waals surface area (Å²) in [6.07, 6.45) is 5.52. The topological polar surface area (TPSA) is 24.5 Å². The Morgan fingerprint density at radius 2 is 1.94 bits per heavy atom. The van der Waals surface area contributed by atoms with Gasteiger partial charge in [-0.25, -0.2) is 0 Å². The summed E-state index contributed by atoms with van der Waals surface area (Å²) in [5.74, 6) is 0.666. The maximum atomic E-state index is 5.26. The smallest absolute Gasteiger partial charge is 0.0500 e. The molecule has 0 spiro atoms. The van der Waals surface area contributed by atoms with E-state index < -0.39 is 0 Å². The second-order valence-electron chi connectivity index (χ2n) is 5.87.